The van der Waals surface area contributed by atoms with Crippen molar-refractivity contribution >= 4 is 44.0 Å². The number of rotatable bonds is 3. The van der Waals surface area contributed by atoms with Gasteiger partial charge < -0.3 is 5.32 Å². The van der Waals surface area contributed by atoms with Gasteiger partial charge in [0.2, 0.25) is 0 Å². The molecule has 20 heavy (non-hydrogen) atoms. The summed E-state index contributed by atoms with van der Waals surface area (Å²) >= 11 is 5.13. The first-order valence-corrected chi connectivity index (χ1v) is 8.12. The van der Waals surface area contributed by atoms with Crippen LogP contribution in [0.5, 0.6) is 0 Å². The van der Waals surface area contributed by atoms with E-state index in [1.54, 1.807) is 11.3 Å². The molecule has 0 fully saturated rings. The molecular formula is C15H14BrN3S. The Labute approximate surface area is 130 Å². The van der Waals surface area contributed by atoms with E-state index in [0.717, 1.165) is 38.4 Å². The number of hydrogen-bond donors (Lipinski definition) is 1. The van der Waals surface area contributed by atoms with Crippen LogP contribution in [-0.2, 0) is 0 Å². The molecular weight excluding hydrogens is 334 g/mol. The van der Waals surface area contributed by atoms with Gasteiger partial charge in [0.25, 0.3) is 0 Å². The van der Waals surface area contributed by atoms with E-state index in [2.05, 4.69) is 63.7 Å². The summed E-state index contributed by atoms with van der Waals surface area (Å²) in [7, 11) is 0. The zero-order valence-electron chi connectivity index (χ0n) is 11.3. The van der Waals surface area contributed by atoms with E-state index in [4.69, 9.17) is 4.98 Å². The maximum atomic E-state index is 4.74. The number of halogens is 1. The van der Waals surface area contributed by atoms with E-state index >= 15 is 0 Å². The Hall–Kier alpha value is -1.46. The van der Waals surface area contributed by atoms with Crippen LogP contribution in [0.2, 0.25) is 0 Å². The highest BCUT2D eigenvalue weighted by molar-refractivity contribution is 9.11. The van der Waals surface area contributed by atoms with Crippen LogP contribution in [0, 0.1) is 6.92 Å². The molecule has 0 unspecified atom stereocenters. The Bertz CT molecular complexity index is 767. The number of aryl methyl sites for hydroxylation is 1. The summed E-state index contributed by atoms with van der Waals surface area (Å²) in [5.74, 6) is 1.67. The molecule has 1 aromatic carbocycles. The Balaban J connectivity index is 2.26. The highest BCUT2D eigenvalue weighted by Crippen LogP contribution is 2.30. The molecule has 0 aliphatic carbocycles. The van der Waals surface area contributed by atoms with E-state index in [0.29, 0.717) is 0 Å². The second kappa shape index (κ2) is 5.50. The summed E-state index contributed by atoms with van der Waals surface area (Å²) in [5, 5.41) is 6.48. The first kappa shape index (κ1) is 13.5. The van der Waals surface area contributed by atoms with Crippen LogP contribution in [0.4, 0.5) is 5.82 Å². The van der Waals surface area contributed by atoms with Crippen LogP contribution in [-0.4, -0.2) is 16.5 Å². The van der Waals surface area contributed by atoms with Crippen LogP contribution in [0.25, 0.3) is 22.3 Å². The molecule has 0 aliphatic heterocycles. The van der Waals surface area contributed by atoms with Crippen molar-refractivity contribution in [2.45, 2.75) is 13.8 Å². The quantitative estimate of drug-likeness (QED) is 0.734. The number of anilines is 1. The molecule has 0 atom stereocenters. The summed E-state index contributed by atoms with van der Waals surface area (Å²) in [5.41, 5.74) is 3.22. The molecule has 0 aliphatic rings. The highest BCUT2D eigenvalue weighted by Gasteiger charge is 2.11. The average Bonchev–Trinajstić information content (AvgIpc) is 2.87. The molecule has 3 rings (SSSR count). The largest absolute Gasteiger partial charge is 0.370 e. The number of aromatic nitrogens is 2. The standard InChI is InChI=1S/C15H14BrN3S/c1-3-17-15-11-6-4-5-9(2)13(11)18-14(19-15)10-7-12(16)20-8-10/h4-8H,3H2,1-2H3,(H,17,18,19). The van der Waals surface area contributed by atoms with Crippen LogP contribution in [0.15, 0.2) is 33.4 Å². The molecule has 1 N–H and O–H groups in total. The monoisotopic (exact) mass is 347 g/mol. The van der Waals surface area contributed by atoms with E-state index in [-0.39, 0.29) is 0 Å². The second-order valence-corrected chi connectivity index (χ2v) is 6.83. The lowest BCUT2D eigenvalue weighted by Crippen LogP contribution is -2.03. The first-order chi connectivity index (χ1) is 9.69. The average molecular weight is 348 g/mol. The van der Waals surface area contributed by atoms with Gasteiger partial charge in [-0.2, -0.15) is 0 Å². The van der Waals surface area contributed by atoms with Crippen molar-refractivity contribution in [3.05, 3.63) is 39.0 Å². The van der Waals surface area contributed by atoms with Crippen LogP contribution < -0.4 is 5.32 Å². The van der Waals surface area contributed by atoms with Crippen molar-refractivity contribution in [1.29, 1.82) is 0 Å². The molecule has 3 aromatic rings. The summed E-state index contributed by atoms with van der Waals surface area (Å²) in [6, 6.07) is 8.24. The predicted molar refractivity (Wildman–Crippen MR) is 89.5 cm³/mol. The SMILES string of the molecule is CCNc1nc(-c2csc(Br)c2)nc2c(C)cccc12. The number of thiophene rings is 1. The maximum Gasteiger partial charge on any atom is 0.163 e. The molecule has 0 radical (unpaired) electrons. The van der Waals surface area contributed by atoms with Crippen molar-refractivity contribution in [3.8, 4) is 11.4 Å². The predicted octanol–water partition coefficient (Wildman–Crippen LogP) is 4.86. The van der Waals surface area contributed by atoms with Crippen LogP contribution >= 0.6 is 27.3 Å². The van der Waals surface area contributed by atoms with Gasteiger partial charge in [-0.05, 0) is 47.5 Å². The van der Waals surface area contributed by atoms with Crippen LogP contribution in [0.1, 0.15) is 12.5 Å². The molecule has 5 heteroatoms. The van der Waals surface area contributed by atoms with Crippen molar-refractivity contribution in [1.82, 2.24) is 9.97 Å². The minimum Gasteiger partial charge on any atom is -0.370 e. The molecule has 102 valence electrons. The lowest BCUT2D eigenvalue weighted by molar-refractivity contribution is 1.14. The third-order valence-electron chi connectivity index (χ3n) is 3.10. The molecule has 3 nitrogen and oxygen atoms in total. The molecule has 0 saturated heterocycles. The summed E-state index contributed by atoms with van der Waals surface area (Å²) in [6.07, 6.45) is 0. The lowest BCUT2D eigenvalue weighted by Gasteiger charge is -2.10. The zero-order valence-corrected chi connectivity index (χ0v) is 13.7. The smallest absolute Gasteiger partial charge is 0.163 e. The van der Waals surface area contributed by atoms with Crippen molar-refractivity contribution < 1.29 is 0 Å². The molecule has 0 spiro atoms. The van der Waals surface area contributed by atoms with Gasteiger partial charge in [-0.1, -0.05) is 12.1 Å². The molecule has 2 heterocycles. The van der Waals surface area contributed by atoms with Gasteiger partial charge in [0.05, 0.1) is 9.30 Å². The number of nitrogens with zero attached hydrogens (tertiary/aromatic N) is 2. The first-order valence-electron chi connectivity index (χ1n) is 6.44. The van der Waals surface area contributed by atoms with E-state index in [9.17, 15) is 0 Å². The summed E-state index contributed by atoms with van der Waals surface area (Å²) in [4.78, 5) is 9.41. The van der Waals surface area contributed by atoms with Crippen molar-refractivity contribution in [3.63, 3.8) is 0 Å². The Kier molecular flexibility index (Phi) is 3.72. The fourth-order valence-corrected chi connectivity index (χ4v) is 3.29. The molecule has 0 amide bonds. The number of para-hydroxylation sites is 1. The third kappa shape index (κ3) is 2.43. The van der Waals surface area contributed by atoms with Gasteiger partial charge in [0, 0.05) is 22.9 Å². The van der Waals surface area contributed by atoms with Gasteiger partial charge in [0.1, 0.15) is 5.82 Å². The third-order valence-corrected chi connectivity index (χ3v) is 4.60. The van der Waals surface area contributed by atoms with E-state index in [1.807, 2.05) is 6.07 Å². The zero-order chi connectivity index (χ0) is 14.1. The number of nitrogens with one attached hydrogen (secondary N) is 1. The van der Waals surface area contributed by atoms with Gasteiger partial charge in [-0.25, -0.2) is 9.97 Å². The molecule has 0 saturated carbocycles. The minimum atomic E-state index is 0.768. The van der Waals surface area contributed by atoms with Gasteiger partial charge in [-0.3, -0.25) is 0 Å². The van der Waals surface area contributed by atoms with E-state index < -0.39 is 0 Å². The normalized spacial score (nSPS) is 10.9. The molecule has 2 aromatic heterocycles. The van der Waals surface area contributed by atoms with Crippen LogP contribution in [0.3, 0.4) is 0 Å². The molecule has 0 bridgehead atoms. The Morgan fingerprint density at radius 2 is 2.15 bits per heavy atom. The topological polar surface area (TPSA) is 37.8 Å². The number of fused-ring (bicyclic) bond motifs is 1. The summed E-state index contributed by atoms with van der Waals surface area (Å²) < 4.78 is 1.09. The Morgan fingerprint density at radius 1 is 1.30 bits per heavy atom. The van der Waals surface area contributed by atoms with Crippen molar-refractivity contribution in [2.75, 3.05) is 11.9 Å². The second-order valence-electron chi connectivity index (χ2n) is 4.54. The van der Waals surface area contributed by atoms with Crippen molar-refractivity contribution in [2.24, 2.45) is 0 Å². The van der Waals surface area contributed by atoms with E-state index in [1.165, 1.54) is 5.56 Å². The van der Waals surface area contributed by atoms with Gasteiger partial charge in [0.15, 0.2) is 5.82 Å². The van der Waals surface area contributed by atoms with Gasteiger partial charge >= 0.3 is 0 Å². The number of hydrogen-bond acceptors (Lipinski definition) is 4. The summed E-state index contributed by atoms with van der Waals surface area (Å²) in [6.45, 7) is 5.00. The highest BCUT2D eigenvalue weighted by atomic mass is 79.9. The fraction of sp³-hybridized carbons (Fsp3) is 0.200. The Morgan fingerprint density at radius 3 is 2.85 bits per heavy atom. The lowest BCUT2D eigenvalue weighted by atomic mass is 10.1. The fourth-order valence-electron chi connectivity index (χ4n) is 2.15. The number of benzene rings is 1. The van der Waals surface area contributed by atoms with Gasteiger partial charge in [-0.15, -0.1) is 11.3 Å². The maximum absolute atomic E-state index is 4.74. The minimum absolute atomic E-state index is 0.768.